The van der Waals surface area contributed by atoms with Crippen LogP contribution in [-0.4, -0.2) is 17.3 Å². The lowest BCUT2D eigenvalue weighted by Crippen LogP contribution is -1.99. The van der Waals surface area contributed by atoms with Crippen molar-refractivity contribution in [1.29, 1.82) is 5.41 Å². The van der Waals surface area contributed by atoms with Gasteiger partial charge in [-0.1, -0.05) is 54.6 Å². The molecule has 4 heteroatoms. The van der Waals surface area contributed by atoms with Crippen LogP contribution in [0.2, 0.25) is 0 Å². The molecule has 0 amide bonds. The fraction of sp³-hybridized carbons (Fsp3) is 0.0606. The lowest BCUT2D eigenvalue weighted by molar-refractivity contribution is 1.18. The number of nitrogens with one attached hydrogen (secondary N) is 2. The molecule has 2 aromatic heterocycles. The fourth-order valence-corrected chi connectivity index (χ4v) is 6.54. The quantitative estimate of drug-likeness (QED) is 0.235. The summed E-state index contributed by atoms with van der Waals surface area (Å²) in [5.41, 5.74) is 8.57. The number of thiophene rings is 1. The van der Waals surface area contributed by atoms with E-state index >= 15 is 0 Å². The molecular formula is C33H25N3S. The molecule has 0 atom stereocenters. The van der Waals surface area contributed by atoms with Crippen molar-refractivity contribution < 1.29 is 0 Å². The minimum Gasteiger partial charge on any atom is -0.388 e. The highest BCUT2D eigenvalue weighted by atomic mass is 32.1. The number of hydrogen-bond donors (Lipinski definition) is 2. The number of aromatic nitrogens is 1. The van der Waals surface area contributed by atoms with E-state index in [1.54, 1.807) is 0 Å². The number of fused-ring (bicyclic) bond motifs is 6. The van der Waals surface area contributed by atoms with Gasteiger partial charge in [0.1, 0.15) is 0 Å². The van der Waals surface area contributed by atoms with Crippen LogP contribution >= 0.6 is 11.3 Å². The van der Waals surface area contributed by atoms with Crippen LogP contribution in [0.5, 0.6) is 0 Å². The standard InChI is InChI=1S/C33H25N3S/c1-20(34)21-11-15-32-27(17-21)28-18-22(12-16-33(28)37-32)24-14-13-23(35-2)19-31(24)36-29-9-5-3-7-25(29)26-8-4-6-10-30(26)36/h3-19,34-35H,1-2H3. The Morgan fingerprint density at radius 3 is 2.03 bits per heavy atom. The molecule has 0 bridgehead atoms. The van der Waals surface area contributed by atoms with Gasteiger partial charge in [0.25, 0.3) is 0 Å². The van der Waals surface area contributed by atoms with Gasteiger partial charge in [0.05, 0.1) is 16.7 Å². The number of anilines is 1. The summed E-state index contributed by atoms with van der Waals surface area (Å²) < 4.78 is 4.92. The van der Waals surface area contributed by atoms with E-state index < -0.39 is 0 Å². The van der Waals surface area contributed by atoms with Gasteiger partial charge in [-0.15, -0.1) is 11.3 Å². The van der Waals surface area contributed by atoms with Crippen LogP contribution in [0.15, 0.2) is 103 Å². The van der Waals surface area contributed by atoms with Gasteiger partial charge in [0, 0.05) is 55.0 Å². The largest absolute Gasteiger partial charge is 0.388 e. The maximum absolute atomic E-state index is 8.12. The summed E-state index contributed by atoms with van der Waals surface area (Å²) in [4.78, 5) is 0. The molecule has 3 nitrogen and oxygen atoms in total. The van der Waals surface area contributed by atoms with Gasteiger partial charge in [0.15, 0.2) is 0 Å². The number of rotatable bonds is 4. The Kier molecular flexibility index (Phi) is 4.91. The Labute approximate surface area is 219 Å². The first-order chi connectivity index (χ1) is 18.1. The summed E-state index contributed by atoms with van der Waals surface area (Å²) in [5, 5.41) is 16.4. The average molecular weight is 496 g/mol. The predicted molar refractivity (Wildman–Crippen MR) is 161 cm³/mol. The number of benzene rings is 5. The lowest BCUT2D eigenvalue weighted by atomic mass is 9.99. The van der Waals surface area contributed by atoms with Gasteiger partial charge in [0.2, 0.25) is 0 Å². The normalized spacial score (nSPS) is 11.6. The topological polar surface area (TPSA) is 40.8 Å². The van der Waals surface area contributed by atoms with Gasteiger partial charge in [-0.25, -0.2) is 0 Å². The molecule has 0 aliphatic carbocycles. The first-order valence-corrected chi connectivity index (χ1v) is 13.3. The van der Waals surface area contributed by atoms with Crippen LogP contribution in [-0.2, 0) is 0 Å². The number of hydrogen-bond acceptors (Lipinski definition) is 3. The number of nitrogens with zero attached hydrogens (tertiary/aromatic N) is 1. The van der Waals surface area contributed by atoms with Crippen LogP contribution in [0, 0.1) is 5.41 Å². The smallest absolute Gasteiger partial charge is 0.0561 e. The third-order valence-corrected chi connectivity index (χ3v) is 8.47. The molecule has 0 radical (unpaired) electrons. The van der Waals surface area contributed by atoms with Crippen molar-refractivity contribution in [2.75, 3.05) is 12.4 Å². The summed E-state index contributed by atoms with van der Waals surface area (Å²) in [6, 6.07) is 37.1. The van der Waals surface area contributed by atoms with E-state index in [0.29, 0.717) is 5.71 Å². The van der Waals surface area contributed by atoms with Crippen LogP contribution in [0.4, 0.5) is 5.69 Å². The minimum atomic E-state index is 0.591. The third-order valence-electron chi connectivity index (χ3n) is 7.32. The van der Waals surface area contributed by atoms with E-state index in [0.717, 1.165) is 16.9 Å². The molecular weight excluding hydrogens is 470 g/mol. The SMILES string of the molecule is CNc1ccc(-c2ccc3sc4ccc(C(C)=N)cc4c3c2)c(-n2c3ccccc3c3ccccc32)c1. The Hall–Kier alpha value is -4.41. The molecule has 2 N–H and O–H groups in total. The fourth-order valence-electron chi connectivity index (χ4n) is 5.48. The van der Waals surface area contributed by atoms with Crippen LogP contribution < -0.4 is 5.32 Å². The molecule has 0 aliphatic heterocycles. The maximum atomic E-state index is 8.12. The van der Waals surface area contributed by atoms with Crippen LogP contribution in [0.3, 0.4) is 0 Å². The highest BCUT2D eigenvalue weighted by Crippen LogP contribution is 2.40. The lowest BCUT2D eigenvalue weighted by Gasteiger charge is -2.16. The minimum absolute atomic E-state index is 0.591. The summed E-state index contributed by atoms with van der Waals surface area (Å²) in [7, 11) is 1.97. The van der Waals surface area contributed by atoms with E-state index in [-0.39, 0.29) is 0 Å². The van der Waals surface area contributed by atoms with Crippen molar-refractivity contribution in [3.05, 3.63) is 109 Å². The zero-order valence-corrected chi connectivity index (χ0v) is 21.5. The summed E-state index contributed by atoms with van der Waals surface area (Å²) >= 11 is 1.81. The highest BCUT2D eigenvalue weighted by Gasteiger charge is 2.17. The van der Waals surface area contributed by atoms with Crippen molar-refractivity contribution in [1.82, 2.24) is 4.57 Å². The van der Waals surface area contributed by atoms with E-state index in [4.69, 9.17) is 5.41 Å². The predicted octanol–water partition coefficient (Wildman–Crippen LogP) is 9.25. The second kappa shape index (κ2) is 8.32. The van der Waals surface area contributed by atoms with Gasteiger partial charge < -0.3 is 15.3 Å². The van der Waals surface area contributed by atoms with E-state index in [1.165, 1.54) is 53.1 Å². The number of para-hydroxylation sites is 2. The monoisotopic (exact) mass is 495 g/mol. The van der Waals surface area contributed by atoms with Crippen molar-refractivity contribution in [3.8, 4) is 16.8 Å². The zero-order valence-electron chi connectivity index (χ0n) is 20.7. The molecule has 2 heterocycles. The third kappa shape index (κ3) is 3.37. The van der Waals surface area contributed by atoms with E-state index in [1.807, 2.05) is 25.3 Å². The van der Waals surface area contributed by atoms with Crippen molar-refractivity contribution in [2.24, 2.45) is 0 Å². The summed E-state index contributed by atoms with van der Waals surface area (Å²) in [6.07, 6.45) is 0. The molecule has 5 aromatic carbocycles. The second-order valence-electron chi connectivity index (χ2n) is 9.50. The van der Waals surface area contributed by atoms with Crippen LogP contribution in [0.25, 0.3) is 58.8 Å². The maximum Gasteiger partial charge on any atom is 0.0561 e. The Morgan fingerprint density at radius 2 is 1.35 bits per heavy atom. The average Bonchev–Trinajstić information content (AvgIpc) is 3.47. The van der Waals surface area contributed by atoms with Crippen molar-refractivity contribution in [2.45, 2.75) is 6.92 Å². The molecule has 37 heavy (non-hydrogen) atoms. The molecule has 0 unspecified atom stereocenters. The molecule has 7 rings (SSSR count). The summed E-state index contributed by atoms with van der Waals surface area (Å²) in [5.74, 6) is 0. The molecule has 7 aromatic rings. The molecule has 0 aliphatic rings. The van der Waals surface area contributed by atoms with Gasteiger partial charge >= 0.3 is 0 Å². The molecule has 0 fully saturated rings. The van der Waals surface area contributed by atoms with Crippen molar-refractivity contribution in [3.63, 3.8) is 0 Å². The van der Waals surface area contributed by atoms with Gasteiger partial charge in [-0.3, -0.25) is 0 Å². The van der Waals surface area contributed by atoms with Gasteiger partial charge in [-0.2, -0.15) is 0 Å². The van der Waals surface area contributed by atoms with E-state index in [2.05, 4.69) is 113 Å². The molecule has 0 saturated carbocycles. The van der Waals surface area contributed by atoms with Crippen LogP contribution in [0.1, 0.15) is 12.5 Å². The molecule has 0 saturated heterocycles. The first-order valence-electron chi connectivity index (χ1n) is 12.4. The Morgan fingerprint density at radius 1 is 0.703 bits per heavy atom. The Balaban J connectivity index is 1.53. The molecule has 0 spiro atoms. The van der Waals surface area contributed by atoms with E-state index in [9.17, 15) is 0 Å². The zero-order chi connectivity index (χ0) is 25.1. The summed E-state index contributed by atoms with van der Waals surface area (Å²) in [6.45, 7) is 1.85. The van der Waals surface area contributed by atoms with Gasteiger partial charge in [-0.05, 0) is 66.6 Å². The Bertz CT molecular complexity index is 1950. The second-order valence-corrected chi connectivity index (χ2v) is 10.6. The molecule has 178 valence electrons. The highest BCUT2D eigenvalue weighted by molar-refractivity contribution is 7.25. The first kappa shape index (κ1) is 21.8. The van der Waals surface area contributed by atoms with Crippen molar-refractivity contribution >= 4 is 64.7 Å².